The normalized spacial score (nSPS) is 30.9. The fourth-order valence-corrected chi connectivity index (χ4v) is 6.58. The van der Waals surface area contributed by atoms with Gasteiger partial charge in [-0.15, -0.1) is 11.3 Å². The summed E-state index contributed by atoms with van der Waals surface area (Å²) in [6.07, 6.45) is 6.98. The second-order valence-electron chi connectivity index (χ2n) is 8.39. The summed E-state index contributed by atoms with van der Waals surface area (Å²) in [5.41, 5.74) is -0.201. The van der Waals surface area contributed by atoms with E-state index in [1.54, 1.807) is 12.1 Å². The van der Waals surface area contributed by atoms with Gasteiger partial charge in [-0.25, -0.2) is 0 Å². The van der Waals surface area contributed by atoms with E-state index >= 15 is 0 Å². The van der Waals surface area contributed by atoms with Crippen LogP contribution in [-0.4, -0.2) is 30.8 Å². The largest absolute Gasteiger partial charge is 0.457 e. The van der Waals surface area contributed by atoms with Gasteiger partial charge in [0.1, 0.15) is 0 Å². The molecule has 1 N–H and O–H groups in total. The van der Waals surface area contributed by atoms with E-state index in [1.807, 2.05) is 0 Å². The van der Waals surface area contributed by atoms with Crippen molar-refractivity contribution in [2.24, 2.45) is 23.2 Å². The minimum Gasteiger partial charge on any atom is -0.457 e. The summed E-state index contributed by atoms with van der Waals surface area (Å²) in [5.74, 6) is 1.50. The molecule has 4 bridgehead atoms. The summed E-state index contributed by atoms with van der Waals surface area (Å²) in [4.78, 5) is 37.1. The van der Waals surface area contributed by atoms with Gasteiger partial charge in [0.05, 0.1) is 15.6 Å². The van der Waals surface area contributed by atoms with Gasteiger partial charge in [0.15, 0.2) is 6.61 Å². The Labute approximate surface area is 167 Å². The predicted molar refractivity (Wildman–Crippen MR) is 103 cm³/mol. The van der Waals surface area contributed by atoms with E-state index in [-0.39, 0.29) is 36.7 Å². The topological polar surface area (TPSA) is 72.5 Å². The molecule has 0 aliphatic heterocycles. The summed E-state index contributed by atoms with van der Waals surface area (Å²) in [6, 6.07) is 3.26. The van der Waals surface area contributed by atoms with Crippen molar-refractivity contribution in [3.05, 3.63) is 21.3 Å². The monoisotopic (exact) mass is 409 g/mol. The van der Waals surface area contributed by atoms with Crippen LogP contribution in [0.3, 0.4) is 0 Å². The summed E-state index contributed by atoms with van der Waals surface area (Å²) < 4.78 is 5.55. The minimum atomic E-state index is -0.475. The lowest BCUT2D eigenvalue weighted by atomic mass is 9.49. The van der Waals surface area contributed by atoms with Gasteiger partial charge in [0.2, 0.25) is 11.7 Å². The number of Topliss-reactive ketones (excluding diaryl/α,β-unsaturated/α-hetero) is 1. The van der Waals surface area contributed by atoms with Gasteiger partial charge in [-0.3, -0.25) is 14.4 Å². The van der Waals surface area contributed by atoms with Gasteiger partial charge in [0, 0.05) is 12.0 Å². The molecule has 0 saturated heterocycles. The highest BCUT2D eigenvalue weighted by Crippen LogP contribution is 2.60. The Morgan fingerprint density at radius 1 is 1.11 bits per heavy atom. The third-order valence-electron chi connectivity index (χ3n) is 6.35. The molecule has 5 rings (SSSR count). The number of ketones is 1. The average molecular weight is 410 g/mol. The molecule has 4 aliphatic carbocycles. The molecule has 4 fully saturated rings. The number of carbonyl (C=O) groups is 3. The van der Waals surface area contributed by atoms with Gasteiger partial charge < -0.3 is 10.1 Å². The molecule has 0 aromatic carbocycles. The number of amides is 1. The van der Waals surface area contributed by atoms with E-state index in [4.69, 9.17) is 16.3 Å². The molecule has 0 radical (unpaired) electrons. The molecule has 146 valence electrons. The van der Waals surface area contributed by atoms with E-state index in [0.717, 1.165) is 30.6 Å². The SMILES string of the molecule is O=C(CCNC(=O)C12CC3CC(CC(C3)C1)C2)OCC(=O)c1ccc(Cl)s1. The lowest BCUT2D eigenvalue weighted by molar-refractivity contribution is -0.147. The lowest BCUT2D eigenvalue weighted by Gasteiger charge is -2.55. The van der Waals surface area contributed by atoms with Crippen LogP contribution in [0, 0.1) is 23.2 Å². The number of hydrogen-bond acceptors (Lipinski definition) is 5. The first-order valence-corrected chi connectivity index (χ1v) is 10.9. The fourth-order valence-electron chi connectivity index (χ4n) is 5.61. The van der Waals surface area contributed by atoms with Gasteiger partial charge in [-0.1, -0.05) is 11.6 Å². The Hall–Kier alpha value is -1.40. The van der Waals surface area contributed by atoms with E-state index in [1.165, 1.54) is 19.3 Å². The van der Waals surface area contributed by atoms with E-state index in [0.29, 0.717) is 27.0 Å². The van der Waals surface area contributed by atoms with Crippen molar-refractivity contribution in [3.8, 4) is 0 Å². The maximum Gasteiger partial charge on any atom is 0.308 e. The van der Waals surface area contributed by atoms with Crippen LogP contribution in [-0.2, 0) is 14.3 Å². The molecule has 27 heavy (non-hydrogen) atoms. The summed E-state index contributed by atoms with van der Waals surface area (Å²) >= 11 is 6.96. The zero-order valence-corrected chi connectivity index (χ0v) is 16.7. The third-order valence-corrected chi connectivity index (χ3v) is 7.62. The zero-order valence-electron chi connectivity index (χ0n) is 15.2. The van der Waals surface area contributed by atoms with Crippen molar-refractivity contribution >= 4 is 40.6 Å². The second-order valence-corrected chi connectivity index (χ2v) is 10.1. The highest BCUT2D eigenvalue weighted by Gasteiger charge is 2.54. The first-order chi connectivity index (χ1) is 12.9. The highest BCUT2D eigenvalue weighted by molar-refractivity contribution is 7.18. The molecule has 0 unspecified atom stereocenters. The number of ether oxygens (including phenoxy) is 1. The van der Waals surface area contributed by atoms with E-state index in [2.05, 4.69) is 5.32 Å². The number of rotatable bonds is 7. The Kier molecular flexibility index (Phi) is 5.30. The first kappa shape index (κ1) is 18.9. The van der Waals surface area contributed by atoms with Crippen LogP contribution >= 0.6 is 22.9 Å². The van der Waals surface area contributed by atoms with Gasteiger partial charge in [-0.2, -0.15) is 0 Å². The number of nitrogens with one attached hydrogen (secondary N) is 1. The molecule has 1 aromatic rings. The molecule has 4 saturated carbocycles. The lowest BCUT2D eigenvalue weighted by Crippen LogP contribution is -2.53. The van der Waals surface area contributed by atoms with Crippen LogP contribution in [0.5, 0.6) is 0 Å². The average Bonchev–Trinajstić information content (AvgIpc) is 3.05. The van der Waals surface area contributed by atoms with Crippen LogP contribution < -0.4 is 5.32 Å². The molecular weight excluding hydrogens is 386 g/mol. The van der Waals surface area contributed by atoms with E-state index in [9.17, 15) is 14.4 Å². The van der Waals surface area contributed by atoms with Crippen LogP contribution in [0.2, 0.25) is 4.34 Å². The van der Waals surface area contributed by atoms with Crippen molar-refractivity contribution in [2.75, 3.05) is 13.2 Å². The zero-order chi connectivity index (χ0) is 19.0. The number of thiophene rings is 1. The quantitative estimate of drug-likeness (QED) is 0.548. The van der Waals surface area contributed by atoms with Crippen LogP contribution in [0.25, 0.3) is 0 Å². The Morgan fingerprint density at radius 3 is 2.30 bits per heavy atom. The first-order valence-electron chi connectivity index (χ1n) is 9.66. The molecule has 4 aliphatic rings. The molecule has 7 heteroatoms. The molecule has 1 heterocycles. The molecule has 0 spiro atoms. The van der Waals surface area contributed by atoms with Gasteiger partial charge in [-0.05, 0) is 68.4 Å². The maximum absolute atomic E-state index is 12.8. The second kappa shape index (κ2) is 7.55. The van der Waals surface area contributed by atoms with Crippen molar-refractivity contribution in [3.63, 3.8) is 0 Å². The van der Waals surface area contributed by atoms with E-state index < -0.39 is 5.97 Å². The Balaban J connectivity index is 1.20. The summed E-state index contributed by atoms with van der Waals surface area (Å²) in [6.45, 7) is -0.0307. The fraction of sp³-hybridized carbons (Fsp3) is 0.650. The van der Waals surface area contributed by atoms with Crippen molar-refractivity contribution < 1.29 is 19.1 Å². The van der Waals surface area contributed by atoms with Crippen LogP contribution in [0.15, 0.2) is 12.1 Å². The standard InChI is InChI=1S/C20H24ClNO4S/c21-17-2-1-16(27-17)15(23)11-26-18(24)3-4-22-19(25)20-8-12-5-13(9-20)7-14(6-12)10-20/h1-2,12-14H,3-11H2,(H,22,25). The molecular formula is C20H24ClNO4S. The third kappa shape index (κ3) is 4.06. The Morgan fingerprint density at radius 2 is 1.74 bits per heavy atom. The predicted octanol–water partition coefficient (Wildman–Crippen LogP) is 3.85. The molecule has 1 aromatic heterocycles. The number of esters is 1. The van der Waals surface area contributed by atoms with Crippen molar-refractivity contribution in [2.45, 2.75) is 44.9 Å². The van der Waals surface area contributed by atoms with Crippen molar-refractivity contribution in [1.29, 1.82) is 0 Å². The molecule has 5 nitrogen and oxygen atoms in total. The minimum absolute atomic E-state index is 0.0799. The maximum atomic E-state index is 12.8. The van der Waals surface area contributed by atoms with Gasteiger partial charge >= 0.3 is 5.97 Å². The van der Waals surface area contributed by atoms with Crippen molar-refractivity contribution in [1.82, 2.24) is 5.32 Å². The smallest absolute Gasteiger partial charge is 0.308 e. The van der Waals surface area contributed by atoms with Gasteiger partial charge in [0.25, 0.3) is 0 Å². The summed E-state index contributed by atoms with van der Waals surface area (Å²) in [7, 11) is 0. The summed E-state index contributed by atoms with van der Waals surface area (Å²) in [5, 5.41) is 2.95. The number of hydrogen-bond donors (Lipinski definition) is 1. The van der Waals surface area contributed by atoms with Crippen LogP contribution in [0.4, 0.5) is 0 Å². The molecule has 1 amide bonds. The molecule has 0 atom stereocenters. The highest BCUT2D eigenvalue weighted by atomic mass is 35.5. The number of halogens is 1. The number of carbonyl (C=O) groups excluding carboxylic acids is 3. The Bertz CT molecular complexity index is 724. The van der Waals surface area contributed by atoms with Crippen LogP contribution in [0.1, 0.15) is 54.6 Å².